The molecule has 0 spiro atoms. The van der Waals surface area contributed by atoms with Gasteiger partial charge in [-0.25, -0.2) is 0 Å². The third-order valence-electron chi connectivity index (χ3n) is 4.35. The molecule has 4 rings (SSSR count). The van der Waals surface area contributed by atoms with Crippen LogP contribution in [0.5, 0.6) is 11.5 Å². The number of ether oxygens (including phenoxy) is 2. The average molecular weight is 701 g/mol. The minimum atomic E-state index is -0.286. The first-order chi connectivity index (χ1) is 14.3. The summed E-state index contributed by atoms with van der Waals surface area (Å²) in [7, 11) is 1.50. The van der Waals surface area contributed by atoms with E-state index in [-0.39, 0.29) is 89.1 Å². The number of benzene rings is 3. The first-order valence-corrected chi connectivity index (χ1v) is 11.6. The summed E-state index contributed by atoms with van der Waals surface area (Å²) in [5, 5.41) is 12.9. The van der Waals surface area contributed by atoms with Crippen molar-refractivity contribution in [2.24, 2.45) is 0 Å². The summed E-state index contributed by atoms with van der Waals surface area (Å²) >= 11 is 13.2. The molecule has 1 heterocycles. The molecule has 0 N–H and O–H groups in total. The molecule has 0 fully saturated rings. The number of halogens is 4. The monoisotopic (exact) mass is 697 g/mol. The summed E-state index contributed by atoms with van der Waals surface area (Å²) in [5.41, 5.74) is 1.20. The summed E-state index contributed by atoms with van der Waals surface area (Å²) in [4.78, 5) is 12.4. The Morgan fingerprint density at radius 2 is 1.68 bits per heavy atom. The smallest absolute Gasteiger partial charge is 0.871 e. The Balaban J connectivity index is 0.00000272. The quantitative estimate of drug-likeness (QED) is 0.241. The Kier molecular flexibility index (Phi) is 8.90. The van der Waals surface area contributed by atoms with Gasteiger partial charge < -0.3 is 19.0 Å². The fourth-order valence-electron chi connectivity index (χ4n) is 2.95. The molecule has 10 heteroatoms. The zero-order chi connectivity index (χ0) is 21.6. The molecule has 153 valence electrons. The van der Waals surface area contributed by atoms with Gasteiger partial charge in [0.05, 0.1) is 19.9 Å². The van der Waals surface area contributed by atoms with E-state index >= 15 is 0 Å². The molecule has 0 atom stereocenters. The van der Waals surface area contributed by atoms with Gasteiger partial charge in [0, 0.05) is 17.1 Å². The predicted octanol–water partition coefficient (Wildman–Crippen LogP) is 3.59. The van der Waals surface area contributed by atoms with Crippen LogP contribution in [-0.4, -0.2) is 7.11 Å². The maximum Gasteiger partial charge on any atom is 1.00 e. The maximum absolute atomic E-state index is 12.4. The van der Waals surface area contributed by atoms with E-state index in [2.05, 4.69) is 63.7 Å². The third kappa shape index (κ3) is 4.89. The number of hydrogen-bond acceptors (Lipinski definition) is 5. The van der Waals surface area contributed by atoms with Gasteiger partial charge >= 0.3 is 57.7 Å². The van der Waals surface area contributed by atoms with Gasteiger partial charge in [-0.15, -0.1) is 0 Å². The van der Waals surface area contributed by atoms with Crippen molar-refractivity contribution >= 4 is 74.7 Å². The normalized spacial score (nSPS) is 11.2. The van der Waals surface area contributed by atoms with Crippen molar-refractivity contribution in [3.05, 3.63) is 82.4 Å². The summed E-state index contributed by atoms with van der Waals surface area (Å²) < 4.78 is 18.8. The van der Waals surface area contributed by atoms with E-state index in [9.17, 15) is 9.90 Å². The molecule has 1 radical (unpaired) electrons. The molecule has 1 aliphatic heterocycles. The van der Waals surface area contributed by atoms with Gasteiger partial charge in [-0.3, -0.25) is 4.79 Å². The maximum atomic E-state index is 12.4. The fourth-order valence-corrected chi connectivity index (χ4v) is 5.35. The fraction of sp³-hybridized carbons (Fsp3) is 0.0476. The molecule has 0 bridgehead atoms. The van der Waals surface area contributed by atoms with Crippen molar-refractivity contribution < 1.29 is 70.4 Å². The molecule has 5 nitrogen and oxygen atoms in total. The Morgan fingerprint density at radius 1 is 1.00 bits per heavy atom. The second-order valence-electron chi connectivity index (χ2n) is 6.15. The molecule has 2 aliphatic rings. The van der Waals surface area contributed by atoms with E-state index in [1.165, 1.54) is 7.11 Å². The van der Waals surface area contributed by atoms with Crippen LogP contribution in [0.1, 0.15) is 5.56 Å². The van der Waals surface area contributed by atoms with E-state index in [0.29, 0.717) is 25.6 Å². The number of fused-ring (bicyclic) bond motifs is 2. The summed E-state index contributed by atoms with van der Waals surface area (Å²) in [6.45, 7) is 0. The van der Waals surface area contributed by atoms with Crippen LogP contribution in [-0.2, 0) is 4.74 Å². The minimum Gasteiger partial charge on any atom is -0.871 e. The van der Waals surface area contributed by atoms with E-state index in [1.54, 1.807) is 12.1 Å². The molecular weight excluding hydrogens is 691 g/mol. The van der Waals surface area contributed by atoms with Gasteiger partial charge in [-0.1, -0.05) is 52.0 Å². The molecule has 2 aromatic rings. The average Bonchev–Trinajstić information content (AvgIpc) is 2.75. The summed E-state index contributed by atoms with van der Waals surface area (Å²) in [6, 6.07) is 12.5. The van der Waals surface area contributed by atoms with Crippen LogP contribution in [0.2, 0.25) is 0 Å². The second-order valence-corrected chi connectivity index (χ2v) is 9.44. The SMILES string of the molecule is CO[C](Oc1c2cc(Br)c(=O)c(Br)c-2oc2c(Br)c([O-])c(Br)cc12)c1ccccc1.[K+]. The van der Waals surface area contributed by atoms with Gasteiger partial charge in [0.25, 0.3) is 0 Å². The Bertz CT molecular complexity index is 1290. The van der Waals surface area contributed by atoms with Gasteiger partial charge in [-0.2, -0.15) is 0 Å². The zero-order valence-electron chi connectivity index (χ0n) is 16.1. The van der Waals surface area contributed by atoms with Crippen molar-refractivity contribution in [2.75, 3.05) is 7.11 Å². The Labute approximate surface area is 253 Å². The topological polar surface area (TPSA) is 71.7 Å². The zero-order valence-corrected chi connectivity index (χ0v) is 25.6. The molecule has 0 amide bonds. The van der Waals surface area contributed by atoms with Crippen LogP contribution < -0.4 is 66.7 Å². The molecular formula is C21H10Br4KO5. The third-order valence-corrected chi connectivity index (χ3v) is 6.96. The number of hydrogen-bond donors (Lipinski definition) is 0. The summed E-state index contributed by atoms with van der Waals surface area (Å²) in [6.07, 6.45) is 0.251. The van der Waals surface area contributed by atoms with Crippen LogP contribution in [0.15, 0.2) is 69.6 Å². The largest absolute Gasteiger partial charge is 1.00 e. The molecule has 2 aromatic carbocycles. The van der Waals surface area contributed by atoms with Crippen LogP contribution in [0.25, 0.3) is 22.3 Å². The number of rotatable bonds is 4. The molecule has 0 unspecified atom stereocenters. The Hall–Kier alpha value is 0.246. The van der Waals surface area contributed by atoms with Crippen LogP contribution in [0.3, 0.4) is 0 Å². The van der Waals surface area contributed by atoms with E-state index in [1.807, 2.05) is 30.3 Å². The van der Waals surface area contributed by atoms with Crippen molar-refractivity contribution in [2.45, 2.75) is 0 Å². The first kappa shape index (κ1) is 25.9. The van der Waals surface area contributed by atoms with Gasteiger partial charge in [-0.05, 0) is 59.9 Å². The Morgan fingerprint density at radius 3 is 2.32 bits per heavy atom. The van der Waals surface area contributed by atoms with Crippen LogP contribution >= 0.6 is 63.7 Å². The molecule has 0 aromatic heterocycles. The van der Waals surface area contributed by atoms with E-state index < -0.39 is 0 Å². The first-order valence-electron chi connectivity index (χ1n) is 8.41. The molecule has 1 aliphatic carbocycles. The van der Waals surface area contributed by atoms with Crippen LogP contribution in [0.4, 0.5) is 0 Å². The van der Waals surface area contributed by atoms with Crippen molar-refractivity contribution in [1.82, 2.24) is 0 Å². The molecule has 0 saturated heterocycles. The molecule has 0 saturated carbocycles. The minimum absolute atomic E-state index is 0. The van der Waals surface area contributed by atoms with Crippen molar-refractivity contribution in [3.63, 3.8) is 0 Å². The predicted molar refractivity (Wildman–Crippen MR) is 126 cm³/mol. The summed E-state index contributed by atoms with van der Waals surface area (Å²) in [5.74, 6) is 0.331. The van der Waals surface area contributed by atoms with Crippen LogP contribution in [0, 0.1) is 6.29 Å². The standard InChI is InChI=1S/C21H11Br4O5.K/c1-28-21(9-5-3-2-4-6-9)30-18-10-7-12(22)16(26)14(24)19(10)29-20-11(18)8-13(23)17(27)15(20)25;/h2-8,26H,1H3;/q;+1/p-1. The van der Waals surface area contributed by atoms with Gasteiger partial charge in [0.2, 0.25) is 5.43 Å². The second kappa shape index (κ2) is 10.7. The number of methoxy groups -OCH3 is 1. The van der Waals surface area contributed by atoms with E-state index in [4.69, 9.17) is 13.9 Å². The van der Waals surface area contributed by atoms with E-state index in [0.717, 1.165) is 5.56 Å². The van der Waals surface area contributed by atoms with Crippen molar-refractivity contribution in [1.29, 1.82) is 0 Å². The van der Waals surface area contributed by atoms with Gasteiger partial charge in [0.1, 0.15) is 10.2 Å². The molecule has 31 heavy (non-hydrogen) atoms. The van der Waals surface area contributed by atoms with Gasteiger partial charge in [0.15, 0.2) is 11.3 Å². The van der Waals surface area contributed by atoms with Crippen molar-refractivity contribution in [3.8, 4) is 22.8 Å².